The Morgan fingerprint density at radius 2 is 2.11 bits per heavy atom. The van der Waals surface area contributed by atoms with Gasteiger partial charge in [0.15, 0.2) is 0 Å². The van der Waals surface area contributed by atoms with Gasteiger partial charge in [-0.15, -0.1) is 12.4 Å². The maximum absolute atomic E-state index is 11.8. The van der Waals surface area contributed by atoms with Gasteiger partial charge < -0.3 is 10.1 Å². The molecule has 1 aliphatic rings. The van der Waals surface area contributed by atoms with Crippen LogP contribution in [0, 0.1) is 5.92 Å². The van der Waals surface area contributed by atoms with E-state index in [2.05, 4.69) is 17.0 Å². The summed E-state index contributed by atoms with van der Waals surface area (Å²) in [4.78, 5) is 0. The zero-order chi connectivity index (χ0) is 12.9. The second kappa shape index (κ2) is 8.32. The van der Waals surface area contributed by atoms with Crippen LogP contribution in [0.25, 0.3) is 0 Å². The van der Waals surface area contributed by atoms with Crippen LogP contribution in [0.15, 0.2) is 0 Å². The fourth-order valence-corrected chi connectivity index (χ4v) is 3.12. The van der Waals surface area contributed by atoms with E-state index < -0.39 is 10.0 Å². The van der Waals surface area contributed by atoms with E-state index in [-0.39, 0.29) is 36.9 Å². The molecule has 0 aromatic rings. The Hall–Kier alpha value is 0.120. The smallest absolute Gasteiger partial charge is 0.214 e. The molecule has 1 heterocycles. The number of sulfonamides is 1. The summed E-state index contributed by atoms with van der Waals surface area (Å²) in [5.41, 5.74) is 0. The van der Waals surface area contributed by atoms with E-state index in [1.54, 1.807) is 0 Å². The predicted octanol–water partition coefficient (Wildman–Crippen LogP) is 0.751. The maximum atomic E-state index is 11.8. The second-order valence-corrected chi connectivity index (χ2v) is 6.81. The lowest BCUT2D eigenvalue weighted by Gasteiger charge is -2.29. The molecule has 0 aliphatic carbocycles. The molecule has 0 amide bonds. The average Bonchev–Trinajstić information content (AvgIpc) is 2.20. The Morgan fingerprint density at radius 3 is 2.67 bits per heavy atom. The molecule has 2 unspecified atom stereocenters. The summed E-state index contributed by atoms with van der Waals surface area (Å²) in [6.07, 6.45) is 0.925. The Balaban J connectivity index is 0.00000289. The number of ether oxygens (including phenoxy) is 1. The highest BCUT2D eigenvalue weighted by atomic mass is 35.5. The molecule has 1 aliphatic heterocycles. The summed E-state index contributed by atoms with van der Waals surface area (Å²) in [7, 11) is -3.21. The molecule has 0 spiro atoms. The van der Waals surface area contributed by atoms with Gasteiger partial charge in [0, 0.05) is 6.04 Å². The summed E-state index contributed by atoms with van der Waals surface area (Å²) in [5.74, 6) is 0.381. The van der Waals surface area contributed by atoms with Gasteiger partial charge in [-0.1, -0.05) is 6.92 Å². The van der Waals surface area contributed by atoms with Gasteiger partial charge in [-0.05, 0) is 39.3 Å². The van der Waals surface area contributed by atoms with Crippen molar-refractivity contribution in [3.63, 3.8) is 0 Å². The zero-order valence-corrected chi connectivity index (χ0v) is 12.9. The lowest BCUT2D eigenvalue weighted by molar-refractivity contribution is 0.0910. The number of hydrogen-bond donors (Lipinski definition) is 2. The van der Waals surface area contributed by atoms with Gasteiger partial charge in [0.1, 0.15) is 0 Å². The molecule has 1 rings (SSSR count). The molecule has 0 radical (unpaired) electrons. The third-order valence-electron chi connectivity index (χ3n) is 2.92. The lowest BCUT2D eigenvalue weighted by Crippen LogP contribution is -2.49. The van der Waals surface area contributed by atoms with E-state index in [9.17, 15) is 8.42 Å². The van der Waals surface area contributed by atoms with Crippen molar-refractivity contribution < 1.29 is 13.2 Å². The van der Waals surface area contributed by atoms with Gasteiger partial charge in [0.2, 0.25) is 10.0 Å². The normalized spacial score (nSPS) is 24.9. The molecule has 2 N–H and O–H groups in total. The van der Waals surface area contributed by atoms with Gasteiger partial charge in [-0.2, -0.15) is 0 Å². The summed E-state index contributed by atoms with van der Waals surface area (Å²) in [6, 6.07) is 0.0558. The fraction of sp³-hybridized carbons (Fsp3) is 1.00. The van der Waals surface area contributed by atoms with Gasteiger partial charge in [-0.3, -0.25) is 0 Å². The number of rotatable bonds is 6. The van der Waals surface area contributed by atoms with E-state index in [0.717, 1.165) is 19.5 Å². The number of hydrogen-bond acceptors (Lipinski definition) is 4. The average molecular weight is 301 g/mol. The van der Waals surface area contributed by atoms with Crippen LogP contribution in [0.2, 0.25) is 0 Å². The quantitative estimate of drug-likeness (QED) is 0.760. The summed E-state index contributed by atoms with van der Waals surface area (Å²) in [5, 5.41) is 3.25. The molecular formula is C11H25ClN2O3S. The number of piperidine rings is 1. The van der Waals surface area contributed by atoms with E-state index in [4.69, 9.17) is 4.74 Å². The molecule has 0 saturated carbocycles. The molecular weight excluding hydrogens is 276 g/mol. The number of nitrogens with one attached hydrogen (secondary N) is 2. The van der Waals surface area contributed by atoms with Crippen LogP contribution in [-0.2, 0) is 14.8 Å². The van der Waals surface area contributed by atoms with E-state index in [1.165, 1.54) is 0 Å². The minimum absolute atomic E-state index is 0. The highest BCUT2D eigenvalue weighted by molar-refractivity contribution is 7.89. The highest BCUT2D eigenvalue weighted by Gasteiger charge is 2.25. The molecule has 110 valence electrons. The second-order valence-electron chi connectivity index (χ2n) is 4.93. The molecule has 1 fully saturated rings. The van der Waals surface area contributed by atoms with Gasteiger partial charge in [-0.25, -0.2) is 13.1 Å². The Bertz CT molecular complexity index is 322. The van der Waals surface area contributed by atoms with Crippen molar-refractivity contribution in [1.29, 1.82) is 0 Å². The maximum Gasteiger partial charge on any atom is 0.214 e. The van der Waals surface area contributed by atoms with Crippen LogP contribution in [-0.4, -0.2) is 46.0 Å². The van der Waals surface area contributed by atoms with E-state index in [1.807, 2.05) is 13.8 Å². The van der Waals surface area contributed by atoms with Crippen LogP contribution >= 0.6 is 12.4 Å². The number of halogens is 1. The highest BCUT2D eigenvalue weighted by Crippen LogP contribution is 2.11. The molecule has 1 saturated heterocycles. The monoisotopic (exact) mass is 300 g/mol. The Morgan fingerprint density at radius 1 is 1.44 bits per heavy atom. The molecule has 0 bridgehead atoms. The van der Waals surface area contributed by atoms with Crippen LogP contribution in [0.4, 0.5) is 0 Å². The molecule has 0 aromatic heterocycles. The minimum atomic E-state index is -3.21. The summed E-state index contributed by atoms with van der Waals surface area (Å²) in [6.45, 7) is 7.86. The predicted molar refractivity (Wildman–Crippen MR) is 75.7 cm³/mol. The van der Waals surface area contributed by atoms with E-state index >= 15 is 0 Å². The minimum Gasteiger partial charge on any atom is -0.378 e. The van der Waals surface area contributed by atoms with Crippen molar-refractivity contribution in [2.45, 2.75) is 39.3 Å². The first-order valence-corrected chi connectivity index (χ1v) is 7.88. The first kappa shape index (κ1) is 18.1. The largest absolute Gasteiger partial charge is 0.378 e. The van der Waals surface area contributed by atoms with Crippen molar-refractivity contribution in [2.24, 2.45) is 5.92 Å². The topological polar surface area (TPSA) is 67.4 Å². The van der Waals surface area contributed by atoms with Crippen molar-refractivity contribution in [1.82, 2.24) is 10.0 Å². The summed E-state index contributed by atoms with van der Waals surface area (Å²) < 4.78 is 31.7. The van der Waals surface area contributed by atoms with Crippen LogP contribution in [0.1, 0.15) is 27.2 Å². The van der Waals surface area contributed by atoms with Crippen molar-refractivity contribution in [2.75, 3.05) is 25.4 Å². The first-order valence-electron chi connectivity index (χ1n) is 6.23. The van der Waals surface area contributed by atoms with E-state index in [0.29, 0.717) is 5.92 Å². The molecule has 2 atom stereocenters. The molecule has 0 aromatic carbocycles. The van der Waals surface area contributed by atoms with Crippen LogP contribution in [0.3, 0.4) is 0 Å². The zero-order valence-electron chi connectivity index (χ0n) is 11.3. The van der Waals surface area contributed by atoms with Crippen molar-refractivity contribution in [3.05, 3.63) is 0 Å². The third-order valence-corrected chi connectivity index (χ3v) is 4.29. The molecule has 5 nitrogen and oxygen atoms in total. The standard InChI is InChI=1S/C11H24N2O3S.ClH/c1-9(2)16-6-7-17(14,15)13-11-4-5-12-8-10(11)3;/h9-13H,4-8H2,1-3H3;1H. The first-order chi connectivity index (χ1) is 7.91. The van der Waals surface area contributed by atoms with Crippen molar-refractivity contribution in [3.8, 4) is 0 Å². The molecule has 18 heavy (non-hydrogen) atoms. The Kier molecular flexibility index (Phi) is 8.38. The SMILES string of the molecule is CC(C)OCCS(=O)(=O)NC1CCNCC1C.Cl. The lowest BCUT2D eigenvalue weighted by atomic mass is 9.97. The van der Waals surface area contributed by atoms with Gasteiger partial charge >= 0.3 is 0 Å². The van der Waals surface area contributed by atoms with Gasteiger partial charge in [0.05, 0.1) is 18.5 Å². The summed E-state index contributed by atoms with van der Waals surface area (Å²) >= 11 is 0. The fourth-order valence-electron chi connectivity index (χ4n) is 1.87. The van der Waals surface area contributed by atoms with Crippen LogP contribution in [0.5, 0.6) is 0 Å². The molecule has 7 heteroatoms. The van der Waals surface area contributed by atoms with Crippen molar-refractivity contribution >= 4 is 22.4 Å². The Labute approximate surface area is 117 Å². The van der Waals surface area contributed by atoms with Crippen LogP contribution < -0.4 is 10.0 Å². The third kappa shape index (κ3) is 6.89. The van der Waals surface area contributed by atoms with Gasteiger partial charge in [0.25, 0.3) is 0 Å².